The summed E-state index contributed by atoms with van der Waals surface area (Å²) < 4.78 is 28.9. The quantitative estimate of drug-likeness (QED) is 0.471. The number of carbonyl (C=O) groups excluding carboxylic acids is 2. The van der Waals surface area contributed by atoms with Gasteiger partial charge in [0.2, 0.25) is 11.8 Å². The minimum absolute atomic E-state index is 0.00761. The number of nitrogens with zero attached hydrogens (tertiary/aromatic N) is 1. The average molecular weight is 568 g/mol. The molecule has 2 saturated heterocycles. The van der Waals surface area contributed by atoms with Gasteiger partial charge in [-0.15, -0.1) is 0 Å². The Hall–Kier alpha value is -2.75. The number of carbonyl (C=O) groups is 2. The van der Waals surface area contributed by atoms with E-state index in [0.29, 0.717) is 32.2 Å². The van der Waals surface area contributed by atoms with E-state index in [-0.39, 0.29) is 34.1 Å². The van der Waals surface area contributed by atoms with Crippen molar-refractivity contribution >= 4 is 21.7 Å². The van der Waals surface area contributed by atoms with Crippen LogP contribution in [0.3, 0.4) is 0 Å². The van der Waals surface area contributed by atoms with Gasteiger partial charge >= 0.3 is 0 Å². The van der Waals surface area contributed by atoms with E-state index in [4.69, 9.17) is 4.74 Å². The summed E-state index contributed by atoms with van der Waals surface area (Å²) in [4.78, 5) is 26.8. The predicted molar refractivity (Wildman–Crippen MR) is 153 cm³/mol. The highest BCUT2D eigenvalue weighted by Crippen LogP contribution is 2.44. The molecule has 0 bridgehead atoms. The molecule has 216 valence electrons. The molecular weight excluding hydrogens is 526 g/mol. The van der Waals surface area contributed by atoms with Crippen molar-refractivity contribution in [1.82, 2.24) is 15.8 Å². The lowest BCUT2D eigenvalue weighted by Crippen LogP contribution is -2.39. The average Bonchev–Trinajstić information content (AvgIpc) is 3.26. The molecule has 2 aromatic carbocycles. The summed E-state index contributed by atoms with van der Waals surface area (Å²) in [5.74, 6) is 0.829. The van der Waals surface area contributed by atoms with Crippen LogP contribution in [0.5, 0.6) is 0 Å². The summed E-state index contributed by atoms with van der Waals surface area (Å²) in [5, 5.41) is 5.04. The Bertz CT molecular complexity index is 1270. The van der Waals surface area contributed by atoms with E-state index >= 15 is 0 Å². The van der Waals surface area contributed by atoms with Gasteiger partial charge in [-0.1, -0.05) is 42.5 Å². The second kappa shape index (κ2) is 12.4. The largest absolute Gasteiger partial charge is 0.381 e. The number of benzene rings is 2. The highest BCUT2D eigenvalue weighted by atomic mass is 32.2. The van der Waals surface area contributed by atoms with Gasteiger partial charge in [-0.3, -0.25) is 14.6 Å². The molecule has 1 atom stereocenters. The number of hydrazine groups is 1. The Kier molecular flexibility index (Phi) is 8.92. The van der Waals surface area contributed by atoms with Gasteiger partial charge in [-0.25, -0.2) is 13.8 Å². The maximum absolute atomic E-state index is 13.5. The molecule has 1 unspecified atom stereocenters. The molecule has 40 heavy (non-hydrogen) atoms. The molecular formula is C31H41N3O5S. The molecule has 2 N–H and O–H groups in total. The van der Waals surface area contributed by atoms with Crippen LogP contribution in [0, 0.1) is 17.3 Å². The highest BCUT2D eigenvalue weighted by molar-refractivity contribution is 7.90. The van der Waals surface area contributed by atoms with Crippen molar-refractivity contribution in [1.29, 1.82) is 0 Å². The first-order valence-corrected chi connectivity index (χ1v) is 16.4. The predicted octanol–water partition coefficient (Wildman–Crippen LogP) is 4.18. The summed E-state index contributed by atoms with van der Waals surface area (Å²) >= 11 is 0. The monoisotopic (exact) mass is 567 g/mol. The molecule has 9 heteroatoms. The van der Waals surface area contributed by atoms with Gasteiger partial charge in [-0.05, 0) is 80.5 Å². The fourth-order valence-electron chi connectivity index (χ4n) is 6.40. The summed E-state index contributed by atoms with van der Waals surface area (Å²) in [5.41, 5.74) is 4.99. The van der Waals surface area contributed by atoms with Gasteiger partial charge in [0.05, 0.1) is 22.9 Å². The van der Waals surface area contributed by atoms with Crippen LogP contribution in [0.2, 0.25) is 0 Å². The SMILES string of the molecule is CS(=O)(=O)c1ccc(CN2NCC3(CCC(CCC(NC(=O)C4CCOCC4)c4ccccc4)CC3)C2=O)cc1. The number of hydrogen-bond acceptors (Lipinski definition) is 6. The van der Waals surface area contributed by atoms with E-state index in [0.717, 1.165) is 62.5 Å². The van der Waals surface area contributed by atoms with Crippen LogP contribution in [0.4, 0.5) is 0 Å². The maximum Gasteiger partial charge on any atom is 0.244 e. The fraction of sp³-hybridized carbons (Fsp3) is 0.548. The summed E-state index contributed by atoms with van der Waals surface area (Å²) in [6, 6.07) is 17.0. The van der Waals surface area contributed by atoms with E-state index in [2.05, 4.69) is 22.9 Å². The number of ether oxygens (including phenoxy) is 1. The molecule has 2 aromatic rings. The smallest absolute Gasteiger partial charge is 0.244 e. The summed E-state index contributed by atoms with van der Waals surface area (Å²) in [6.45, 7) is 2.37. The van der Waals surface area contributed by atoms with Crippen molar-refractivity contribution in [3.05, 3.63) is 65.7 Å². The Labute approximate surface area is 237 Å². The topological polar surface area (TPSA) is 105 Å². The third-order valence-corrected chi connectivity index (χ3v) is 10.2. The third-order valence-electron chi connectivity index (χ3n) is 9.04. The minimum Gasteiger partial charge on any atom is -0.381 e. The molecule has 0 aromatic heterocycles. The van der Waals surface area contributed by atoms with Gasteiger partial charge in [-0.2, -0.15) is 0 Å². The first-order valence-electron chi connectivity index (χ1n) is 14.5. The number of sulfone groups is 1. The molecule has 1 saturated carbocycles. The van der Waals surface area contributed by atoms with E-state index in [1.54, 1.807) is 29.3 Å². The van der Waals surface area contributed by atoms with E-state index in [1.807, 2.05) is 18.2 Å². The van der Waals surface area contributed by atoms with Crippen molar-refractivity contribution < 1.29 is 22.7 Å². The van der Waals surface area contributed by atoms with Crippen LogP contribution in [-0.2, 0) is 30.7 Å². The van der Waals surface area contributed by atoms with Crippen molar-refractivity contribution in [2.24, 2.45) is 17.3 Å². The van der Waals surface area contributed by atoms with Crippen LogP contribution in [0.1, 0.15) is 68.5 Å². The van der Waals surface area contributed by atoms with Gasteiger partial charge < -0.3 is 10.1 Å². The van der Waals surface area contributed by atoms with Gasteiger partial charge in [0.25, 0.3) is 0 Å². The standard InChI is InChI=1S/C31H41N3O5S/c1-40(37,38)27-10-7-24(8-11-27)21-34-30(36)31(22-32-34)17-13-23(14-18-31)9-12-28(25-5-3-2-4-6-25)33-29(35)26-15-19-39-20-16-26/h2-8,10-11,23,26,28,32H,9,12-22H2,1H3,(H,33,35). The molecule has 5 rings (SSSR count). The van der Waals surface area contributed by atoms with Gasteiger partial charge in [0, 0.05) is 31.9 Å². The molecule has 1 spiro atoms. The number of amides is 2. The van der Waals surface area contributed by atoms with E-state index < -0.39 is 9.84 Å². The lowest BCUT2D eigenvalue weighted by atomic mass is 9.69. The zero-order valence-electron chi connectivity index (χ0n) is 23.3. The zero-order valence-corrected chi connectivity index (χ0v) is 24.1. The first-order chi connectivity index (χ1) is 19.2. The summed E-state index contributed by atoms with van der Waals surface area (Å²) in [7, 11) is -3.24. The third kappa shape index (κ3) is 6.75. The molecule has 0 radical (unpaired) electrons. The Morgan fingerprint density at radius 1 is 1.05 bits per heavy atom. The van der Waals surface area contributed by atoms with Crippen molar-refractivity contribution in [3.63, 3.8) is 0 Å². The fourth-order valence-corrected chi connectivity index (χ4v) is 7.03. The normalized spacial score (nSPS) is 24.8. The van der Waals surface area contributed by atoms with Gasteiger partial charge in [0.15, 0.2) is 9.84 Å². The first kappa shape index (κ1) is 28.8. The van der Waals surface area contributed by atoms with Crippen LogP contribution < -0.4 is 10.7 Å². The Morgan fingerprint density at radius 2 is 1.73 bits per heavy atom. The molecule has 3 fully saturated rings. The lowest BCUT2D eigenvalue weighted by Gasteiger charge is -2.35. The molecule has 2 amide bonds. The molecule has 3 aliphatic rings. The van der Waals surface area contributed by atoms with Crippen molar-refractivity contribution in [2.45, 2.75) is 68.8 Å². The molecule has 2 aliphatic heterocycles. The number of rotatable bonds is 9. The number of hydrogen-bond donors (Lipinski definition) is 2. The van der Waals surface area contributed by atoms with Gasteiger partial charge in [0.1, 0.15) is 0 Å². The maximum atomic E-state index is 13.5. The number of nitrogens with one attached hydrogen (secondary N) is 2. The van der Waals surface area contributed by atoms with E-state index in [9.17, 15) is 18.0 Å². The highest BCUT2D eigenvalue weighted by Gasteiger charge is 2.48. The zero-order chi connectivity index (χ0) is 28.2. The second-order valence-corrected chi connectivity index (χ2v) is 13.8. The van der Waals surface area contributed by atoms with Crippen molar-refractivity contribution in [3.8, 4) is 0 Å². The summed E-state index contributed by atoms with van der Waals surface area (Å²) in [6.07, 6.45) is 8.37. The van der Waals surface area contributed by atoms with Crippen LogP contribution >= 0.6 is 0 Å². The van der Waals surface area contributed by atoms with Crippen molar-refractivity contribution in [2.75, 3.05) is 26.0 Å². The van der Waals surface area contributed by atoms with E-state index in [1.165, 1.54) is 6.26 Å². The minimum atomic E-state index is -3.24. The molecule has 8 nitrogen and oxygen atoms in total. The molecule has 2 heterocycles. The lowest BCUT2D eigenvalue weighted by molar-refractivity contribution is -0.139. The van der Waals surface area contributed by atoms with Crippen LogP contribution in [-0.4, -0.2) is 51.3 Å². The second-order valence-electron chi connectivity index (χ2n) is 11.8. The Balaban J connectivity index is 1.14. The molecule has 1 aliphatic carbocycles. The Morgan fingerprint density at radius 3 is 2.38 bits per heavy atom. The van der Waals surface area contributed by atoms with Crippen LogP contribution in [0.25, 0.3) is 0 Å². The van der Waals surface area contributed by atoms with Crippen LogP contribution in [0.15, 0.2) is 59.5 Å².